The lowest BCUT2D eigenvalue weighted by molar-refractivity contribution is 0.222. The first-order valence-electron chi connectivity index (χ1n) is 6.32. The molecule has 1 aliphatic rings. The molecule has 94 valence electrons. The van der Waals surface area contributed by atoms with Gasteiger partial charge in [0.2, 0.25) is 0 Å². The molecule has 1 fully saturated rings. The van der Waals surface area contributed by atoms with Crippen LogP contribution in [0.4, 0.5) is 6.01 Å². The van der Waals surface area contributed by atoms with E-state index in [4.69, 9.17) is 10.2 Å². The van der Waals surface area contributed by atoms with Gasteiger partial charge in [-0.15, -0.1) is 0 Å². The number of nitrogens with two attached hydrogens (primary N) is 1. The molecular formula is C14H17N3O. The van der Waals surface area contributed by atoms with Gasteiger partial charge in [0, 0.05) is 6.54 Å². The average molecular weight is 243 g/mol. The molecule has 1 aliphatic heterocycles. The van der Waals surface area contributed by atoms with E-state index in [0.717, 1.165) is 25.3 Å². The van der Waals surface area contributed by atoms with Gasteiger partial charge in [0.25, 0.3) is 6.01 Å². The van der Waals surface area contributed by atoms with Crippen molar-refractivity contribution >= 4 is 6.01 Å². The highest BCUT2D eigenvalue weighted by Gasteiger charge is 2.28. The zero-order valence-electron chi connectivity index (χ0n) is 10.2. The van der Waals surface area contributed by atoms with E-state index in [2.05, 4.69) is 34.1 Å². The Kier molecular flexibility index (Phi) is 3.02. The van der Waals surface area contributed by atoms with Crippen molar-refractivity contribution in [3.63, 3.8) is 0 Å². The molecule has 2 N–H and O–H groups in total. The molecule has 2 heterocycles. The Morgan fingerprint density at radius 2 is 2.17 bits per heavy atom. The zero-order chi connectivity index (χ0) is 12.4. The van der Waals surface area contributed by atoms with Crippen LogP contribution in [0.2, 0.25) is 0 Å². The molecule has 1 unspecified atom stereocenters. The third-order valence-electron chi connectivity index (χ3n) is 3.46. The summed E-state index contributed by atoms with van der Waals surface area (Å²) in [5.41, 5.74) is 6.88. The van der Waals surface area contributed by atoms with Crippen molar-refractivity contribution < 1.29 is 4.42 Å². The van der Waals surface area contributed by atoms with Crippen molar-refractivity contribution in [3.8, 4) is 0 Å². The SMILES string of the molecule is Nc1ncc(C2CCCN2Cc2ccccc2)o1. The number of hydrogen-bond acceptors (Lipinski definition) is 4. The van der Waals surface area contributed by atoms with Crippen LogP contribution < -0.4 is 5.73 Å². The van der Waals surface area contributed by atoms with E-state index in [9.17, 15) is 0 Å². The van der Waals surface area contributed by atoms with Gasteiger partial charge in [0.05, 0.1) is 12.2 Å². The summed E-state index contributed by atoms with van der Waals surface area (Å²) in [6, 6.07) is 11.1. The minimum Gasteiger partial charge on any atom is -0.427 e. The lowest BCUT2D eigenvalue weighted by Gasteiger charge is -2.22. The van der Waals surface area contributed by atoms with E-state index in [1.54, 1.807) is 6.20 Å². The molecular weight excluding hydrogens is 226 g/mol. The third kappa shape index (κ3) is 2.24. The summed E-state index contributed by atoms with van der Waals surface area (Å²) in [7, 11) is 0. The first kappa shape index (κ1) is 11.3. The van der Waals surface area contributed by atoms with Crippen LogP contribution >= 0.6 is 0 Å². The largest absolute Gasteiger partial charge is 0.427 e. The van der Waals surface area contributed by atoms with Gasteiger partial charge in [-0.25, -0.2) is 4.98 Å². The van der Waals surface area contributed by atoms with Crippen LogP contribution in [0, 0.1) is 0 Å². The lowest BCUT2D eigenvalue weighted by Crippen LogP contribution is -2.22. The normalized spacial score (nSPS) is 20.3. The summed E-state index contributed by atoms with van der Waals surface area (Å²) in [6.07, 6.45) is 4.06. The fourth-order valence-electron chi connectivity index (χ4n) is 2.61. The van der Waals surface area contributed by atoms with Crippen molar-refractivity contribution in [1.29, 1.82) is 0 Å². The molecule has 18 heavy (non-hydrogen) atoms. The number of anilines is 1. The molecule has 1 aromatic carbocycles. The molecule has 0 radical (unpaired) electrons. The number of aromatic nitrogens is 1. The molecule has 0 saturated carbocycles. The second-order valence-electron chi connectivity index (χ2n) is 4.71. The highest BCUT2D eigenvalue weighted by atomic mass is 16.4. The standard InChI is InChI=1S/C14H17N3O/c15-14-16-9-13(18-14)12-7-4-8-17(12)10-11-5-2-1-3-6-11/h1-3,5-6,9,12H,4,7-8,10H2,(H2,15,16). The number of nitrogens with zero attached hydrogens (tertiary/aromatic N) is 2. The van der Waals surface area contributed by atoms with Crippen molar-refractivity contribution in [1.82, 2.24) is 9.88 Å². The van der Waals surface area contributed by atoms with Crippen LogP contribution in [-0.2, 0) is 6.54 Å². The van der Waals surface area contributed by atoms with Crippen LogP contribution in [0.25, 0.3) is 0 Å². The summed E-state index contributed by atoms with van der Waals surface area (Å²) in [5, 5.41) is 0. The Hall–Kier alpha value is -1.81. The summed E-state index contributed by atoms with van der Waals surface area (Å²) in [6.45, 7) is 2.05. The van der Waals surface area contributed by atoms with Crippen molar-refractivity contribution in [2.75, 3.05) is 12.3 Å². The summed E-state index contributed by atoms with van der Waals surface area (Å²) in [5.74, 6) is 0.890. The Morgan fingerprint density at radius 3 is 2.89 bits per heavy atom. The van der Waals surface area contributed by atoms with Crippen molar-refractivity contribution in [2.24, 2.45) is 0 Å². The topological polar surface area (TPSA) is 55.3 Å². The molecule has 0 aliphatic carbocycles. The second-order valence-corrected chi connectivity index (χ2v) is 4.71. The minimum absolute atomic E-state index is 0.261. The molecule has 1 atom stereocenters. The maximum absolute atomic E-state index is 5.55. The molecule has 4 nitrogen and oxygen atoms in total. The van der Waals surface area contributed by atoms with Crippen LogP contribution in [0.3, 0.4) is 0 Å². The van der Waals surface area contributed by atoms with E-state index in [-0.39, 0.29) is 6.01 Å². The van der Waals surface area contributed by atoms with Gasteiger partial charge < -0.3 is 10.2 Å². The summed E-state index contributed by atoms with van der Waals surface area (Å²) < 4.78 is 5.46. The maximum Gasteiger partial charge on any atom is 0.292 e. The molecule has 4 heteroatoms. The Labute approximate surface area is 106 Å². The Bertz CT molecular complexity index is 509. The molecule has 0 amide bonds. The fraction of sp³-hybridized carbons (Fsp3) is 0.357. The molecule has 0 bridgehead atoms. The predicted molar refractivity (Wildman–Crippen MR) is 69.7 cm³/mol. The monoisotopic (exact) mass is 243 g/mol. The number of hydrogen-bond donors (Lipinski definition) is 1. The number of nitrogen functional groups attached to an aromatic ring is 1. The highest BCUT2D eigenvalue weighted by molar-refractivity contribution is 5.17. The van der Waals surface area contributed by atoms with Crippen LogP contribution in [0.1, 0.15) is 30.2 Å². The minimum atomic E-state index is 0.261. The fourth-order valence-corrected chi connectivity index (χ4v) is 2.61. The maximum atomic E-state index is 5.55. The summed E-state index contributed by atoms with van der Waals surface area (Å²) in [4.78, 5) is 6.41. The third-order valence-corrected chi connectivity index (χ3v) is 3.46. The first-order chi connectivity index (χ1) is 8.83. The van der Waals surface area contributed by atoms with Gasteiger partial charge in [0.15, 0.2) is 0 Å². The van der Waals surface area contributed by atoms with Gasteiger partial charge >= 0.3 is 0 Å². The second kappa shape index (κ2) is 4.82. The van der Waals surface area contributed by atoms with Gasteiger partial charge in [-0.2, -0.15) is 0 Å². The van der Waals surface area contributed by atoms with Crippen LogP contribution in [-0.4, -0.2) is 16.4 Å². The number of rotatable bonds is 3. The molecule has 1 saturated heterocycles. The smallest absolute Gasteiger partial charge is 0.292 e. The van der Waals surface area contributed by atoms with Crippen LogP contribution in [0.5, 0.6) is 0 Å². The molecule has 0 spiro atoms. The quantitative estimate of drug-likeness (QED) is 0.900. The Morgan fingerprint density at radius 1 is 1.33 bits per heavy atom. The molecule has 1 aromatic heterocycles. The predicted octanol–water partition coefficient (Wildman–Crippen LogP) is 2.59. The van der Waals surface area contributed by atoms with Gasteiger partial charge in [-0.1, -0.05) is 30.3 Å². The lowest BCUT2D eigenvalue weighted by atomic mass is 10.1. The Balaban J connectivity index is 1.75. The molecule has 3 rings (SSSR count). The van der Waals surface area contributed by atoms with E-state index in [1.165, 1.54) is 12.0 Å². The van der Waals surface area contributed by atoms with E-state index < -0.39 is 0 Å². The van der Waals surface area contributed by atoms with Crippen molar-refractivity contribution in [2.45, 2.75) is 25.4 Å². The van der Waals surface area contributed by atoms with E-state index in [0.29, 0.717) is 6.04 Å². The van der Waals surface area contributed by atoms with E-state index >= 15 is 0 Å². The van der Waals surface area contributed by atoms with Gasteiger partial charge in [0.1, 0.15) is 5.76 Å². The highest BCUT2D eigenvalue weighted by Crippen LogP contribution is 2.33. The zero-order valence-corrected chi connectivity index (χ0v) is 10.2. The number of likely N-dealkylation sites (tertiary alicyclic amines) is 1. The number of oxazole rings is 1. The van der Waals surface area contributed by atoms with Gasteiger partial charge in [-0.3, -0.25) is 4.90 Å². The summed E-state index contributed by atoms with van der Waals surface area (Å²) >= 11 is 0. The van der Waals surface area contributed by atoms with Gasteiger partial charge in [-0.05, 0) is 24.9 Å². The number of benzene rings is 1. The average Bonchev–Trinajstić information content (AvgIpc) is 2.99. The molecule has 2 aromatic rings. The first-order valence-corrected chi connectivity index (χ1v) is 6.32. The van der Waals surface area contributed by atoms with E-state index in [1.807, 2.05) is 6.07 Å². The van der Waals surface area contributed by atoms with Crippen LogP contribution in [0.15, 0.2) is 40.9 Å². The van der Waals surface area contributed by atoms with Crippen molar-refractivity contribution in [3.05, 3.63) is 47.9 Å².